The van der Waals surface area contributed by atoms with E-state index in [0.29, 0.717) is 5.69 Å². The van der Waals surface area contributed by atoms with E-state index in [4.69, 9.17) is 5.73 Å². The number of halogens is 2. The van der Waals surface area contributed by atoms with Crippen molar-refractivity contribution in [2.24, 2.45) is 5.73 Å². The minimum absolute atomic E-state index is 0.274. The number of nitrogens with two attached hydrogens (primary N) is 1. The van der Waals surface area contributed by atoms with Gasteiger partial charge in [-0.25, -0.2) is 13.8 Å². The van der Waals surface area contributed by atoms with E-state index in [1.54, 1.807) is 5.38 Å². The summed E-state index contributed by atoms with van der Waals surface area (Å²) in [5, 5.41) is 1.57. The van der Waals surface area contributed by atoms with Gasteiger partial charge in [-0.3, -0.25) is 0 Å². The summed E-state index contributed by atoms with van der Waals surface area (Å²) in [5.74, 6) is -2.75. The molecule has 0 radical (unpaired) electrons. The van der Waals surface area contributed by atoms with Gasteiger partial charge in [0, 0.05) is 11.8 Å². The molecule has 2 nitrogen and oxygen atoms in total. The fraction of sp³-hybridized carbons (Fsp3) is 0.500. The molecular weight excluding hydrogens is 170 g/mol. The van der Waals surface area contributed by atoms with E-state index < -0.39 is 11.5 Å². The second kappa shape index (κ2) is 1.78. The Morgan fingerprint density at radius 1 is 1.64 bits per heavy atom. The fourth-order valence-electron chi connectivity index (χ4n) is 1.02. The molecule has 1 aliphatic rings. The maximum absolute atomic E-state index is 12.6. The van der Waals surface area contributed by atoms with Gasteiger partial charge < -0.3 is 5.73 Å². The van der Waals surface area contributed by atoms with Crippen LogP contribution in [0.1, 0.15) is 12.1 Å². The van der Waals surface area contributed by atoms with Crippen LogP contribution >= 0.6 is 11.3 Å². The third-order valence-electron chi connectivity index (χ3n) is 1.92. The zero-order valence-electron chi connectivity index (χ0n) is 5.55. The highest BCUT2D eigenvalue weighted by atomic mass is 32.1. The first kappa shape index (κ1) is 7.12. The van der Waals surface area contributed by atoms with E-state index in [1.165, 1.54) is 16.8 Å². The van der Waals surface area contributed by atoms with Gasteiger partial charge in [0.2, 0.25) is 0 Å². The molecule has 1 atom stereocenters. The number of hydrogen-bond donors (Lipinski definition) is 1. The van der Waals surface area contributed by atoms with Gasteiger partial charge >= 0.3 is 0 Å². The van der Waals surface area contributed by atoms with Gasteiger partial charge in [0.15, 0.2) is 0 Å². The molecule has 2 N–H and O–H groups in total. The molecule has 1 aliphatic carbocycles. The van der Waals surface area contributed by atoms with Crippen LogP contribution in [0.5, 0.6) is 0 Å². The van der Waals surface area contributed by atoms with E-state index in [1.807, 2.05) is 0 Å². The predicted molar refractivity (Wildman–Crippen MR) is 37.5 cm³/mol. The average molecular weight is 176 g/mol. The Morgan fingerprint density at radius 2 is 2.27 bits per heavy atom. The first-order valence-corrected chi connectivity index (χ1v) is 4.06. The molecule has 0 saturated heterocycles. The fourth-order valence-corrected chi connectivity index (χ4v) is 1.65. The molecule has 0 aliphatic heterocycles. The predicted octanol–water partition coefficient (Wildman–Crippen LogP) is 1.34. The Balaban J connectivity index is 2.33. The highest BCUT2D eigenvalue weighted by Gasteiger charge is 2.71. The molecule has 1 fully saturated rings. The Kier molecular flexibility index (Phi) is 1.15. The topological polar surface area (TPSA) is 38.9 Å². The van der Waals surface area contributed by atoms with Crippen molar-refractivity contribution in [1.29, 1.82) is 0 Å². The van der Waals surface area contributed by atoms with Crippen LogP contribution in [0, 0.1) is 0 Å². The summed E-state index contributed by atoms with van der Waals surface area (Å²) in [6.45, 7) is 0. The van der Waals surface area contributed by atoms with Gasteiger partial charge in [-0.2, -0.15) is 0 Å². The zero-order valence-corrected chi connectivity index (χ0v) is 6.37. The van der Waals surface area contributed by atoms with Crippen molar-refractivity contribution in [3.63, 3.8) is 0 Å². The molecule has 11 heavy (non-hydrogen) atoms. The summed E-state index contributed by atoms with van der Waals surface area (Å²) < 4.78 is 25.2. The number of nitrogens with zero attached hydrogens (tertiary/aromatic N) is 1. The van der Waals surface area contributed by atoms with Gasteiger partial charge in [0.1, 0.15) is 5.54 Å². The van der Waals surface area contributed by atoms with Crippen LogP contribution in [0.4, 0.5) is 8.78 Å². The van der Waals surface area contributed by atoms with Crippen molar-refractivity contribution in [1.82, 2.24) is 4.98 Å². The van der Waals surface area contributed by atoms with Crippen LogP contribution < -0.4 is 5.73 Å². The maximum atomic E-state index is 12.6. The van der Waals surface area contributed by atoms with Gasteiger partial charge in [0.05, 0.1) is 11.2 Å². The Morgan fingerprint density at radius 3 is 2.64 bits per heavy atom. The molecule has 1 aromatic heterocycles. The molecule has 1 aromatic rings. The molecular formula is C6H6F2N2S. The number of alkyl halides is 2. The summed E-state index contributed by atoms with van der Waals surface area (Å²) in [4.78, 5) is 3.76. The van der Waals surface area contributed by atoms with E-state index in [0.717, 1.165) is 0 Å². The van der Waals surface area contributed by atoms with E-state index >= 15 is 0 Å². The Bertz CT molecular complexity index is 272. The lowest BCUT2D eigenvalue weighted by atomic mass is 10.2. The van der Waals surface area contributed by atoms with Crippen LogP contribution in [-0.4, -0.2) is 10.9 Å². The van der Waals surface area contributed by atoms with E-state index in [9.17, 15) is 8.78 Å². The summed E-state index contributed by atoms with van der Waals surface area (Å²) in [6.07, 6.45) is -0.274. The lowest BCUT2D eigenvalue weighted by molar-refractivity contribution is 0.0882. The average Bonchev–Trinajstić information content (AvgIpc) is 2.36. The van der Waals surface area contributed by atoms with Crippen molar-refractivity contribution in [3.05, 3.63) is 16.6 Å². The molecule has 0 amide bonds. The summed E-state index contributed by atoms with van der Waals surface area (Å²) in [6, 6.07) is 0. The first-order valence-electron chi connectivity index (χ1n) is 3.12. The van der Waals surface area contributed by atoms with Crippen LogP contribution in [0.15, 0.2) is 10.9 Å². The minimum atomic E-state index is -2.75. The van der Waals surface area contributed by atoms with Crippen molar-refractivity contribution in [3.8, 4) is 0 Å². The molecule has 0 bridgehead atoms. The molecule has 1 heterocycles. The van der Waals surface area contributed by atoms with Crippen molar-refractivity contribution >= 4 is 11.3 Å². The smallest absolute Gasteiger partial charge is 0.273 e. The van der Waals surface area contributed by atoms with Crippen molar-refractivity contribution in [2.45, 2.75) is 17.9 Å². The van der Waals surface area contributed by atoms with E-state index in [-0.39, 0.29) is 6.42 Å². The molecule has 0 aromatic carbocycles. The summed E-state index contributed by atoms with van der Waals surface area (Å²) in [5.41, 5.74) is 5.74. The minimum Gasteiger partial charge on any atom is -0.315 e. The van der Waals surface area contributed by atoms with E-state index in [2.05, 4.69) is 4.98 Å². The number of aromatic nitrogens is 1. The lowest BCUT2D eigenvalue weighted by Crippen LogP contribution is -2.27. The number of hydrogen-bond acceptors (Lipinski definition) is 3. The molecule has 60 valence electrons. The quantitative estimate of drug-likeness (QED) is 0.701. The lowest BCUT2D eigenvalue weighted by Gasteiger charge is -2.04. The molecule has 1 unspecified atom stereocenters. The van der Waals surface area contributed by atoms with Gasteiger partial charge in [-0.05, 0) is 0 Å². The second-order valence-electron chi connectivity index (χ2n) is 2.73. The second-order valence-corrected chi connectivity index (χ2v) is 3.44. The van der Waals surface area contributed by atoms with Crippen LogP contribution in [0.2, 0.25) is 0 Å². The monoisotopic (exact) mass is 176 g/mol. The summed E-state index contributed by atoms with van der Waals surface area (Å²) >= 11 is 1.28. The van der Waals surface area contributed by atoms with Crippen molar-refractivity contribution in [2.75, 3.05) is 0 Å². The zero-order chi connectivity index (χ0) is 8.11. The maximum Gasteiger partial charge on any atom is 0.273 e. The number of rotatable bonds is 1. The molecule has 0 spiro atoms. The van der Waals surface area contributed by atoms with Gasteiger partial charge in [0.25, 0.3) is 5.92 Å². The van der Waals surface area contributed by atoms with Crippen molar-refractivity contribution < 1.29 is 8.78 Å². The Labute approximate surface area is 66.1 Å². The highest BCUT2D eigenvalue weighted by Crippen LogP contribution is 2.57. The highest BCUT2D eigenvalue weighted by molar-refractivity contribution is 7.07. The summed E-state index contributed by atoms with van der Waals surface area (Å²) in [7, 11) is 0. The molecule has 5 heteroatoms. The van der Waals surface area contributed by atoms with Gasteiger partial charge in [-0.15, -0.1) is 11.3 Å². The standard InChI is InChI=1S/C6H6F2N2S/c7-6(8)2-5(6,9)4-1-11-3-10-4/h1,3H,2,9H2. The SMILES string of the molecule is NC1(c2cscn2)CC1(F)F. The van der Waals surface area contributed by atoms with Crippen LogP contribution in [0.25, 0.3) is 0 Å². The first-order chi connectivity index (χ1) is 5.06. The Hall–Kier alpha value is -0.550. The molecule has 1 saturated carbocycles. The largest absolute Gasteiger partial charge is 0.315 e. The third kappa shape index (κ3) is 0.810. The van der Waals surface area contributed by atoms with Crippen LogP contribution in [-0.2, 0) is 5.54 Å². The third-order valence-corrected chi connectivity index (χ3v) is 2.50. The molecule has 2 rings (SSSR count). The van der Waals surface area contributed by atoms with Gasteiger partial charge in [-0.1, -0.05) is 0 Å². The normalized spacial score (nSPS) is 33.7. The van der Waals surface area contributed by atoms with Crippen LogP contribution in [0.3, 0.4) is 0 Å². The number of thiazole rings is 1.